The number of sulfonamides is 1. The quantitative estimate of drug-likeness (QED) is 0.768. The Bertz CT molecular complexity index is 582. The highest BCUT2D eigenvalue weighted by atomic mass is 32.2. The second kappa shape index (κ2) is 4.91. The Morgan fingerprint density at radius 1 is 1.58 bits per heavy atom. The van der Waals surface area contributed by atoms with Gasteiger partial charge in [0.2, 0.25) is 10.0 Å². The van der Waals surface area contributed by atoms with Crippen molar-refractivity contribution < 1.29 is 23.1 Å². The molecule has 1 aliphatic rings. The molecule has 1 aromatic heterocycles. The highest BCUT2D eigenvalue weighted by Gasteiger charge is 2.42. The summed E-state index contributed by atoms with van der Waals surface area (Å²) < 4.78 is 30.9. The number of hydrogen-bond donors (Lipinski definition) is 2. The van der Waals surface area contributed by atoms with Gasteiger partial charge in [0.05, 0.1) is 37.1 Å². The molecule has 9 heteroatoms. The zero-order valence-corrected chi connectivity index (χ0v) is 11.3. The Morgan fingerprint density at radius 2 is 2.26 bits per heavy atom. The first-order valence-electron chi connectivity index (χ1n) is 5.64. The van der Waals surface area contributed by atoms with Crippen LogP contribution in [0.25, 0.3) is 0 Å². The molecule has 106 valence electrons. The molecule has 1 aromatic rings. The molecular formula is C10H15N3O5S. The Hall–Kier alpha value is -1.45. The lowest BCUT2D eigenvalue weighted by Crippen LogP contribution is -2.44. The number of ether oxygens (including phenoxy) is 1. The predicted molar refractivity (Wildman–Crippen MR) is 64.0 cm³/mol. The molecule has 0 saturated carbocycles. The van der Waals surface area contributed by atoms with Crippen molar-refractivity contribution in [2.75, 3.05) is 20.3 Å². The molecule has 0 spiro atoms. The minimum Gasteiger partial charge on any atom is -0.481 e. The maximum absolute atomic E-state index is 12.4. The number of carbonyl (C=O) groups is 1. The fourth-order valence-corrected chi connectivity index (χ4v) is 3.56. The van der Waals surface area contributed by atoms with E-state index >= 15 is 0 Å². The summed E-state index contributed by atoms with van der Waals surface area (Å²) in [6, 6.07) is -0.711. The number of carboxylic acids is 1. The van der Waals surface area contributed by atoms with Crippen LogP contribution in [0.2, 0.25) is 0 Å². The van der Waals surface area contributed by atoms with Crippen molar-refractivity contribution in [2.45, 2.75) is 17.9 Å². The summed E-state index contributed by atoms with van der Waals surface area (Å²) in [5, 5.41) is 15.3. The molecule has 2 unspecified atom stereocenters. The molecule has 1 aliphatic heterocycles. The molecule has 19 heavy (non-hydrogen) atoms. The molecule has 8 nitrogen and oxygen atoms in total. The van der Waals surface area contributed by atoms with Crippen molar-refractivity contribution in [1.29, 1.82) is 0 Å². The molecule has 2 N–H and O–H groups in total. The largest absolute Gasteiger partial charge is 0.481 e. The summed E-state index contributed by atoms with van der Waals surface area (Å²) in [6.45, 7) is 1.68. The number of aromatic amines is 1. The summed E-state index contributed by atoms with van der Waals surface area (Å²) >= 11 is 0. The first kappa shape index (κ1) is 14.0. The average molecular weight is 289 g/mol. The number of likely N-dealkylation sites (N-methyl/N-ethyl adjacent to an activating group) is 1. The van der Waals surface area contributed by atoms with Crippen LogP contribution in [0, 0.1) is 12.8 Å². The molecule has 1 fully saturated rings. The van der Waals surface area contributed by atoms with Gasteiger partial charge in [0.15, 0.2) is 0 Å². The van der Waals surface area contributed by atoms with Crippen LogP contribution >= 0.6 is 0 Å². The third-order valence-electron chi connectivity index (χ3n) is 3.28. The van der Waals surface area contributed by atoms with E-state index in [0.717, 1.165) is 4.31 Å². The van der Waals surface area contributed by atoms with Crippen LogP contribution in [0.15, 0.2) is 11.1 Å². The molecule has 0 aliphatic carbocycles. The van der Waals surface area contributed by atoms with E-state index in [4.69, 9.17) is 9.84 Å². The molecule has 0 bridgehead atoms. The Balaban J connectivity index is 2.31. The van der Waals surface area contributed by atoms with E-state index in [-0.39, 0.29) is 18.1 Å². The van der Waals surface area contributed by atoms with Crippen molar-refractivity contribution in [3.8, 4) is 0 Å². The van der Waals surface area contributed by atoms with Gasteiger partial charge in [0.25, 0.3) is 0 Å². The van der Waals surface area contributed by atoms with Gasteiger partial charge in [-0.25, -0.2) is 8.42 Å². The molecule has 2 atom stereocenters. The van der Waals surface area contributed by atoms with Crippen LogP contribution in [0.5, 0.6) is 0 Å². The third kappa shape index (κ3) is 2.36. The number of hydrogen-bond acceptors (Lipinski definition) is 5. The maximum Gasteiger partial charge on any atom is 0.310 e. The van der Waals surface area contributed by atoms with Crippen LogP contribution in [-0.2, 0) is 19.6 Å². The number of aliphatic carboxylic acids is 1. The van der Waals surface area contributed by atoms with Crippen molar-refractivity contribution >= 4 is 16.0 Å². The van der Waals surface area contributed by atoms with E-state index in [2.05, 4.69) is 10.2 Å². The number of aromatic nitrogens is 2. The van der Waals surface area contributed by atoms with Crippen molar-refractivity contribution in [2.24, 2.45) is 5.92 Å². The van der Waals surface area contributed by atoms with E-state index in [1.807, 2.05) is 0 Å². The van der Waals surface area contributed by atoms with Crippen LogP contribution in [0.4, 0.5) is 0 Å². The fraction of sp³-hybridized carbons (Fsp3) is 0.600. The van der Waals surface area contributed by atoms with E-state index in [1.165, 1.54) is 13.2 Å². The number of carboxylic acid groups (broad SMARTS) is 1. The van der Waals surface area contributed by atoms with E-state index in [9.17, 15) is 13.2 Å². The van der Waals surface area contributed by atoms with Gasteiger partial charge < -0.3 is 9.84 Å². The molecule has 0 aromatic carbocycles. The second-order valence-corrected chi connectivity index (χ2v) is 6.40. The monoisotopic (exact) mass is 289 g/mol. The molecular weight excluding hydrogens is 274 g/mol. The molecule has 0 radical (unpaired) electrons. The standard InChI is InChI=1S/C10H15N3O5S/c1-6-9(3-11-12-6)19(16,17)13(2)8-5-18-4-7(8)10(14)15/h3,7-8H,4-5H2,1-2H3,(H,11,12)(H,14,15). The fourth-order valence-electron chi connectivity index (χ4n) is 2.07. The van der Waals surface area contributed by atoms with Gasteiger partial charge in [-0.05, 0) is 6.92 Å². The highest BCUT2D eigenvalue weighted by Crippen LogP contribution is 2.25. The van der Waals surface area contributed by atoms with Crippen LogP contribution < -0.4 is 0 Å². The zero-order valence-electron chi connectivity index (χ0n) is 10.5. The van der Waals surface area contributed by atoms with Gasteiger partial charge in [-0.2, -0.15) is 9.40 Å². The minimum absolute atomic E-state index is 0.0181. The van der Waals surface area contributed by atoms with Crippen LogP contribution in [0.1, 0.15) is 5.69 Å². The maximum atomic E-state index is 12.4. The van der Waals surface area contributed by atoms with Gasteiger partial charge in [-0.3, -0.25) is 9.89 Å². The van der Waals surface area contributed by atoms with E-state index < -0.39 is 28.0 Å². The number of rotatable bonds is 4. The van der Waals surface area contributed by atoms with Gasteiger partial charge in [-0.1, -0.05) is 0 Å². The SMILES string of the molecule is Cc1[nH]ncc1S(=O)(=O)N(C)C1COCC1C(=O)O. The Labute approximate surface area is 110 Å². The van der Waals surface area contributed by atoms with Gasteiger partial charge >= 0.3 is 5.97 Å². The Morgan fingerprint density at radius 3 is 2.79 bits per heavy atom. The highest BCUT2D eigenvalue weighted by molar-refractivity contribution is 7.89. The zero-order chi connectivity index (χ0) is 14.2. The second-order valence-electron chi connectivity index (χ2n) is 4.43. The van der Waals surface area contributed by atoms with E-state index in [0.29, 0.717) is 5.69 Å². The summed E-state index contributed by atoms with van der Waals surface area (Å²) in [7, 11) is -2.42. The average Bonchev–Trinajstić information content (AvgIpc) is 2.95. The smallest absolute Gasteiger partial charge is 0.310 e. The van der Waals surface area contributed by atoms with Gasteiger partial charge in [0, 0.05) is 7.05 Å². The van der Waals surface area contributed by atoms with Crippen LogP contribution in [-0.4, -0.2) is 60.3 Å². The first-order chi connectivity index (χ1) is 8.85. The lowest BCUT2D eigenvalue weighted by molar-refractivity contribution is -0.142. The summed E-state index contributed by atoms with van der Waals surface area (Å²) in [6.07, 6.45) is 1.22. The third-order valence-corrected chi connectivity index (χ3v) is 5.27. The number of aryl methyl sites for hydroxylation is 1. The Kier molecular flexibility index (Phi) is 3.61. The predicted octanol–water partition coefficient (Wildman–Crippen LogP) is -0.562. The summed E-state index contributed by atoms with van der Waals surface area (Å²) in [5.41, 5.74) is 0.414. The summed E-state index contributed by atoms with van der Waals surface area (Å²) in [4.78, 5) is 11.1. The molecule has 0 amide bonds. The summed E-state index contributed by atoms with van der Waals surface area (Å²) in [5.74, 6) is -1.92. The normalized spacial score (nSPS) is 23.9. The minimum atomic E-state index is -3.78. The van der Waals surface area contributed by atoms with Crippen molar-refractivity contribution in [3.05, 3.63) is 11.9 Å². The number of nitrogens with zero attached hydrogens (tertiary/aromatic N) is 2. The number of nitrogens with one attached hydrogen (secondary N) is 1. The molecule has 2 rings (SSSR count). The lowest BCUT2D eigenvalue weighted by atomic mass is 10.1. The van der Waals surface area contributed by atoms with Crippen LogP contribution in [0.3, 0.4) is 0 Å². The van der Waals surface area contributed by atoms with Crippen molar-refractivity contribution in [1.82, 2.24) is 14.5 Å². The number of H-pyrrole nitrogens is 1. The molecule has 2 heterocycles. The van der Waals surface area contributed by atoms with Crippen molar-refractivity contribution in [3.63, 3.8) is 0 Å². The first-order valence-corrected chi connectivity index (χ1v) is 7.08. The van der Waals surface area contributed by atoms with Gasteiger partial charge in [0.1, 0.15) is 4.90 Å². The van der Waals surface area contributed by atoms with Gasteiger partial charge in [-0.15, -0.1) is 0 Å². The lowest BCUT2D eigenvalue weighted by Gasteiger charge is -2.25. The topological polar surface area (TPSA) is 113 Å². The van der Waals surface area contributed by atoms with E-state index in [1.54, 1.807) is 6.92 Å². The molecule has 1 saturated heterocycles.